The molecule has 0 saturated heterocycles. The van der Waals surface area contributed by atoms with E-state index in [0.29, 0.717) is 50.9 Å². The Morgan fingerprint density at radius 3 is 2.00 bits per heavy atom. The second-order valence-corrected chi connectivity index (χ2v) is 5.98. The van der Waals surface area contributed by atoms with Crippen LogP contribution in [0, 0.1) is 0 Å². The Morgan fingerprint density at radius 1 is 1.04 bits per heavy atom. The van der Waals surface area contributed by atoms with E-state index in [2.05, 4.69) is 27.8 Å². The molecule has 6 N–H and O–H groups in total. The summed E-state index contributed by atoms with van der Waals surface area (Å²) in [5.74, 6) is 12.5. The van der Waals surface area contributed by atoms with Gasteiger partial charge in [0, 0.05) is 18.6 Å². The number of halogens is 2. The number of hydrogen-bond donors (Lipinski definition) is 4. The summed E-state index contributed by atoms with van der Waals surface area (Å²) >= 11 is 0. The van der Waals surface area contributed by atoms with Gasteiger partial charge in [-0.05, 0) is 19.3 Å². The lowest BCUT2D eigenvalue weighted by Gasteiger charge is -2.38. The highest BCUT2D eigenvalue weighted by atomic mass is 79.9. The summed E-state index contributed by atoms with van der Waals surface area (Å²) in [6.45, 7) is 6.47. The van der Waals surface area contributed by atoms with Crippen molar-refractivity contribution < 1.29 is 4.79 Å². The molecule has 2 aliphatic heterocycles. The van der Waals surface area contributed by atoms with Crippen molar-refractivity contribution in [2.45, 2.75) is 46.0 Å². The second kappa shape index (κ2) is 13.7. The van der Waals surface area contributed by atoms with Crippen LogP contribution in [0.25, 0.3) is 0 Å². The predicted molar refractivity (Wildman–Crippen MR) is 122 cm³/mol. The first-order valence-corrected chi connectivity index (χ1v) is 9.09. The molecule has 0 atom stereocenters. The number of aliphatic imine (C=N–C) groups is 2. The minimum absolute atomic E-state index is 0. The molecule has 11 nitrogen and oxygen atoms in total. The summed E-state index contributed by atoms with van der Waals surface area (Å²) in [7, 11) is 0. The molecule has 0 fully saturated rings. The smallest absolute Gasteiger partial charge is 0.230 e. The number of rotatable bonds is 9. The lowest BCUT2D eigenvalue weighted by molar-refractivity contribution is -0.118. The molecule has 162 valence electrons. The van der Waals surface area contributed by atoms with E-state index in [4.69, 9.17) is 16.8 Å². The Labute approximate surface area is 187 Å². The molecule has 0 amide bonds. The fourth-order valence-corrected chi connectivity index (χ4v) is 2.79. The SMILES string of the molecule is Br.Br.CCC(=O)CCCC(CC)=NN(N1CCN=C1NN)N1CCN=C1NN. The van der Waals surface area contributed by atoms with Gasteiger partial charge in [0.15, 0.2) is 0 Å². The van der Waals surface area contributed by atoms with Crippen LogP contribution in [0.15, 0.2) is 15.1 Å². The topological polar surface area (TPSA) is 140 Å². The zero-order valence-electron chi connectivity index (χ0n) is 16.4. The Balaban J connectivity index is 0.00000364. The van der Waals surface area contributed by atoms with Gasteiger partial charge in [-0.1, -0.05) is 19.1 Å². The van der Waals surface area contributed by atoms with Crippen LogP contribution in [0.3, 0.4) is 0 Å². The number of Topliss-reactive ketones (excluding diaryl/α,β-unsaturated/α-hetero) is 1. The van der Waals surface area contributed by atoms with E-state index in [9.17, 15) is 4.79 Å². The summed E-state index contributed by atoms with van der Waals surface area (Å²) < 4.78 is 0. The molecule has 0 spiro atoms. The Morgan fingerprint density at radius 2 is 1.57 bits per heavy atom. The summed E-state index contributed by atoms with van der Waals surface area (Å²) in [6, 6.07) is 0. The molecule has 0 aromatic rings. The van der Waals surface area contributed by atoms with E-state index in [0.717, 1.165) is 25.0 Å². The van der Waals surface area contributed by atoms with Gasteiger partial charge in [-0.3, -0.25) is 15.6 Å². The van der Waals surface area contributed by atoms with Crippen molar-refractivity contribution in [3.63, 3.8) is 0 Å². The molecule has 0 unspecified atom stereocenters. The Kier molecular flexibility index (Phi) is 13.0. The standard InChI is InChI=1S/C15H30N10O.2BrH/c1-3-12(6-5-7-13(26)4-2)22-25(23-10-8-18-14(23)20-16)24-11-9-19-15(24)21-17;;/h3-11,16-17H2,1-2H3,(H,18,20)(H,19,21);2*1H. The van der Waals surface area contributed by atoms with Crippen LogP contribution in [-0.2, 0) is 4.79 Å². The van der Waals surface area contributed by atoms with Crippen LogP contribution in [-0.4, -0.2) is 64.8 Å². The molecule has 0 aromatic carbocycles. The van der Waals surface area contributed by atoms with Gasteiger partial charge >= 0.3 is 0 Å². The van der Waals surface area contributed by atoms with Gasteiger partial charge in [-0.15, -0.1) is 39.1 Å². The number of carbonyl (C=O) groups excluding carboxylic acids is 1. The summed E-state index contributed by atoms with van der Waals surface area (Å²) in [5, 5.41) is 10.2. The molecule has 13 heteroatoms. The number of nitrogens with two attached hydrogens (primary N) is 2. The maximum Gasteiger partial charge on any atom is 0.230 e. The lowest BCUT2D eigenvalue weighted by atomic mass is 10.1. The third-order valence-electron chi connectivity index (χ3n) is 4.28. The van der Waals surface area contributed by atoms with Gasteiger partial charge in [-0.25, -0.2) is 31.7 Å². The Hall–Kier alpha value is -1.44. The third kappa shape index (κ3) is 6.87. The van der Waals surface area contributed by atoms with Crippen molar-refractivity contribution >= 4 is 57.4 Å². The largest absolute Gasteiger partial charge is 0.300 e. The fraction of sp³-hybridized carbons (Fsp3) is 0.733. The van der Waals surface area contributed by atoms with E-state index in [1.54, 1.807) is 5.23 Å². The molecule has 0 aliphatic carbocycles. The minimum atomic E-state index is 0. The van der Waals surface area contributed by atoms with Crippen LogP contribution < -0.4 is 22.5 Å². The molecule has 0 aromatic heterocycles. The summed E-state index contributed by atoms with van der Waals surface area (Å²) in [4.78, 5) is 20.2. The number of ketones is 1. The van der Waals surface area contributed by atoms with Crippen molar-refractivity contribution in [2.75, 3.05) is 26.2 Å². The molecule has 2 heterocycles. The zero-order valence-corrected chi connectivity index (χ0v) is 19.9. The van der Waals surface area contributed by atoms with E-state index < -0.39 is 0 Å². The highest BCUT2D eigenvalue weighted by molar-refractivity contribution is 8.93. The molecule has 0 bridgehead atoms. The number of guanidine groups is 2. The second-order valence-electron chi connectivity index (χ2n) is 5.98. The van der Waals surface area contributed by atoms with Crippen molar-refractivity contribution in [3.05, 3.63) is 0 Å². The minimum Gasteiger partial charge on any atom is -0.300 e. The zero-order chi connectivity index (χ0) is 18.9. The number of hydrazine groups is 4. The Bertz CT molecular complexity index is 553. The monoisotopic (exact) mass is 526 g/mol. The highest BCUT2D eigenvalue weighted by Gasteiger charge is 2.31. The van der Waals surface area contributed by atoms with Gasteiger partial charge in [0.2, 0.25) is 11.9 Å². The highest BCUT2D eigenvalue weighted by Crippen LogP contribution is 2.15. The van der Waals surface area contributed by atoms with Gasteiger partial charge in [0.1, 0.15) is 5.78 Å². The average Bonchev–Trinajstić information content (AvgIpc) is 3.33. The van der Waals surface area contributed by atoms with E-state index >= 15 is 0 Å². The third-order valence-corrected chi connectivity index (χ3v) is 4.28. The van der Waals surface area contributed by atoms with Crippen LogP contribution in [0.2, 0.25) is 0 Å². The van der Waals surface area contributed by atoms with Gasteiger partial charge in [0.05, 0.1) is 26.2 Å². The number of nitrogens with one attached hydrogen (secondary N) is 2. The first-order chi connectivity index (χ1) is 12.6. The number of nitrogens with zero attached hydrogens (tertiary/aromatic N) is 6. The molecule has 0 saturated carbocycles. The molecule has 2 rings (SSSR count). The molecule has 28 heavy (non-hydrogen) atoms. The lowest BCUT2D eigenvalue weighted by Crippen LogP contribution is -2.59. The summed E-state index contributed by atoms with van der Waals surface area (Å²) in [5.41, 5.74) is 6.21. The van der Waals surface area contributed by atoms with E-state index in [-0.39, 0.29) is 39.7 Å². The maximum absolute atomic E-state index is 11.5. The fourth-order valence-electron chi connectivity index (χ4n) is 2.79. The molecular formula is C15H32Br2N10O. The van der Waals surface area contributed by atoms with Crippen LogP contribution >= 0.6 is 34.0 Å². The number of hydrazone groups is 1. The van der Waals surface area contributed by atoms with Gasteiger partial charge < -0.3 is 0 Å². The van der Waals surface area contributed by atoms with Gasteiger partial charge in [-0.2, -0.15) is 0 Å². The van der Waals surface area contributed by atoms with E-state index in [1.807, 2.05) is 16.9 Å². The van der Waals surface area contributed by atoms with Crippen LogP contribution in [0.4, 0.5) is 0 Å². The quantitative estimate of drug-likeness (QED) is 0.192. The molecule has 2 aliphatic rings. The van der Waals surface area contributed by atoms with Crippen molar-refractivity contribution in [2.24, 2.45) is 26.8 Å². The van der Waals surface area contributed by atoms with Crippen molar-refractivity contribution in [1.29, 1.82) is 0 Å². The van der Waals surface area contributed by atoms with Crippen molar-refractivity contribution in [1.82, 2.24) is 26.1 Å². The molecule has 0 radical (unpaired) electrons. The average molecular weight is 528 g/mol. The number of carbonyl (C=O) groups is 1. The van der Waals surface area contributed by atoms with Crippen LogP contribution in [0.5, 0.6) is 0 Å². The molecular weight excluding hydrogens is 496 g/mol. The first-order valence-electron chi connectivity index (χ1n) is 9.09. The van der Waals surface area contributed by atoms with Gasteiger partial charge in [0.25, 0.3) is 0 Å². The summed E-state index contributed by atoms with van der Waals surface area (Å²) in [6.07, 6.45) is 3.49. The number of hydrogen-bond acceptors (Lipinski definition) is 11. The first kappa shape index (κ1) is 26.6. The van der Waals surface area contributed by atoms with E-state index in [1.165, 1.54) is 0 Å². The maximum atomic E-state index is 11.5. The van der Waals surface area contributed by atoms with Crippen LogP contribution in [0.1, 0.15) is 46.0 Å². The van der Waals surface area contributed by atoms with Crippen molar-refractivity contribution in [3.8, 4) is 0 Å². The normalized spacial score (nSPS) is 16.1. The predicted octanol–water partition coefficient (Wildman–Crippen LogP) is 0.459.